The average Bonchev–Trinajstić information content (AvgIpc) is 3.03. The van der Waals surface area contributed by atoms with Crippen molar-refractivity contribution in [3.05, 3.63) is 93.0 Å². The van der Waals surface area contributed by atoms with Crippen molar-refractivity contribution in [3.63, 3.8) is 0 Å². The van der Waals surface area contributed by atoms with Crippen LogP contribution in [0, 0.1) is 28.4 Å². The van der Waals surface area contributed by atoms with Gasteiger partial charge in [-0.15, -0.1) is 0 Å². The first kappa shape index (κ1) is 17.3. The number of nitrogens with two attached hydrogens (primary N) is 1. The number of nitrogens with zero attached hydrogens (tertiary/aromatic N) is 4. The second kappa shape index (κ2) is 6.55. The van der Waals surface area contributed by atoms with Gasteiger partial charge in [-0.2, -0.15) is 10.4 Å². The van der Waals surface area contributed by atoms with E-state index < -0.39 is 10.8 Å². The van der Waals surface area contributed by atoms with Gasteiger partial charge in [0.1, 0.15) is 11.6 Å². The van der Waals surface area contributed by atoms with E-state index in [0.29, 0.717) is 22.7 Å². The molecule has 28 heavy (non-hydrogen) atoms. The Kier molecular flexibility index (Phi) is 4.05. The summed E-state index contributed by atoms with van der Waals surface area (Å²) in [7, 11) is 0. The smallest absolute Gasteiger partial charge is 0.269 e. The van der Waals surface area contributed by atoms with E-state index in [0.717, 1.165) is 5.69 Å². The number of nitro groups is 1. The van der Waals surface area contributed by atoms with E-state index in [2.05, 4.69) is 11.2 Å². The molecule has 1 atom stereocenters. The highest BCUT2D eigenvalue weighted by molar-refractivity contribution is 5.58. The minimum atomic E-state index is -0.605. The summed E-state index contributed by atoms with van der Waals surface area (Å²) < 4.78 is 7.39. The van der Waals surface area contributed by atoms with E-state index in [1.807, 2.05) is 37.3 Å². The Morgan fingerprint density at radius 2 is 2.00 bits per heavy atom. The Bertz CT molecular complexity index is 1160. The quantitative estimate of drug-likeness (QED) is 0.555. The van der Waals surface area contributed by atoms with Crippen LogP contribution in [0.4, 0.5) is 5.69 Å². The lowest BCUT2D eigenvalue weighted by Crippen LogP contribution is -2.22. The Balaban J connectivity index is 1.96. The first-order valence-electron chi connectivity index (χ1n) is 8.48. The number of nitriles is 1. The highest BCUT2D eigenvalue weighted by Crippen LogP contribution is 2.45. The lowest BCUT2D eigenvalue weighted by Gasteiger charge is -2.24. The normalized spacial score (nSPS) is 15.5. The third kappa shape index (κ3) is 2.66. The number of allylic oxidation sites excluding steroid dienone is 1. The maximum absolute atomic E-state index is 11.2. The summed E-state index contributed by atoms with van der Waals surface area (Å²) >= 11 is 0. The van der Waals surface area contributed by atoms with Crippen molar-refractivity contribution in [2.45, 2.75) is 12.8 Å². The molecule has 1 aliphatic heterocycles. The number of benzene rings is 2. The molecule has 0 aliphatic carbocycles. The fraction of sp³-hybridized carbons (Fsp3) is 0.100. The fourth-order valence-corrected chi connectivity index (χ4v) is 3.41. The molecule has 2 heterocycles. The molecule has 8 heteroatoms. The molecule has 8 nitrogen and oxygen atoms in total. The Morgan fingerprint density at radius 1 is 1.25 bits per heavy atom. The highest BCUT2D eigenvalue weighted by atomic mass is 16.6. The van der Waals surface area contributed by atoms with Crippen LogP contribution in [-0.4, -0.2) is 14.7 Å². The van der Waals surface area contributed by atoms with E-state index in [4.69, 9.17) is 10.5 Å². The predicted octanol–water partition coefficient (Wildman–Crippen LogP) is 3.31. The summed E-state index contributed by atoms with van der Waals surface area (Å²) in [5, 5.41) is 25.5. The first-order chi connectivity index (χ1) is 13.5. The molecule has 0 saturated carbocycles. The zero-order chi connectivity index (χ0) is 19.8. The zero-order valence-corrected chi connectivity index (χ0v) is 14.9. The lowest BCUT2D eigenvalue weighted by atomic mass is 9.84. The molecule has 0 spiro atoms. The van der Waals surface area contributed by atoms with Crippen molar-refractivity contribution in [3.8, 4) is 17.6 Å². The second-order valence-corrected chi connectivity index (χ2v) is 6.33. The SMILES string of the molecule is Cc1nn(-c2ccccc2)c2c1[C@@H](c1cccc([N+](=O)[O-])c1)C(C#N)=C(N)O2. The van der Waals surface area contributed by atoms with Crippen LogP contribution in [0.25, 0.3) is 5.69 Å². The number of rotatable bonds is 3. The number of aromatic nitrogens is 2. The molecule has 3 aromatic rings. The molecule has 2 aromatic carbocycles. The van der Waals surface area contributed by atoms with Crippen LogP contribution in [0.5, 0.6) is 5.88 Å². The van der Waals surface area contributed by atoms with Crippen molar-refractivity contribution in [1.29, 1.82) is 5.26 Å². The molecular weight excluding hydrogens is 358 g/mol. The van der Waals surface area contributed by atoms with Gasteiger partial charge < -0.3 is 10.5 Å². The number of hydrogen-bond donors (Lipinski definition) is 1. The molecule has 1 aromatic heterocycles. The van der Waals surface area contributed by atoms with Crippen molar-refractivity contribution in [2.24, 2.45) is 5.73 Å². The molecule has 0 amide bonds. The van der Waals surface area contributed by atoms with Crippen molar-refractivity contribution in [1.82, 2.24) is 9.78 Å². The fourth-order valence-electron chi connectivity index (χ4n) is 3.41. The van der Waals surface area contributed by atoms with Crippen LogP contribution in [0.1, 0.15) is 22.7 Å². The lowest BCUT2D eigenvalue weighted by molar-refractivity contribution is -0.384. The highest BCUT2D eigenvalue weighted by Gasteiger charge is 2.36. The van der Waals surface area contributed by atoms with Gasteiger partial charge in [-0.05, 0) is 24.6 Å². The number of para-hydroxylation sites is 1. The van der Waals surface area contributed by atoms with Crippen LogP contribution in [-0.2, 0) is 0 Å². The van der Waals surface area contributed by atoms with E-state index in [1.165, 1.54) is 12.1 Å². The molecule has 2 N–H and O–H groups in total. The van der Waals surface area contributed by atoms with Gasteiger partial charge in [-0.25, -0.2) is 4.68 Å². The molecule has 1 aliphatic rings. The molecule has 0 radical (unpaired) electrons. The van der Waals surface area contributed by atoms with Gasteiger partial charge in [0.2, 0.25) is 11.8 Å². The van der Waals surface area contributed by atoms with Crippen LogP contribution >= 0.6 is 0 Å². The van der Waals surface area contributed by atoms with Gasteiger partial charge in [-0.3, -0.25) is 10.1 Å². The first-order valence-corrected chi connectivity index (χ1v) is 8.48. The van der Waals surface area contributed by atoms with Gasteiger partial charge in [0.15, 0.2) is 0 Å². The predicted molar refractivity (Wildman–Crippen MR) is 101 cm³/mol. The van der Waals surface area contributed by atoms with Crippen LogP contribution < -0.4 is 10.5 Å². The van der Waals surface area contributed by atoms with Crippen molar-refractivity contribution >= 4 is 5.69 Å². The van der Waals surface area contributed by atoms with Crippen LogP contribution in [0.3, 0.4) is 0 Å². The molecule has 4 rings (SSSR count). The molecule has 0 bridgehead atoms. The maximum atomic E-state index is 11.2. The number of fused-ring (bicyclic) bond motifs is 1. The number of non-ortho nitro benzene ring substituents is 1. The molecule has 138 valence electrons. The van der Waals surface area contributed by atoms with E-state index >= 15 is 0 Å². The van der Waals surface area contributed by atoms with Crippen molar-refractivity contribution in [2.75, 3.05) is 0 Å². The summed E-state index contributed by atoms with van der Waals surface area (Å²) in [4.78, 5) is 10.7. The number of ether oxygens (including phenoxy) is 1. The zero-order valence-electron chi connectivity index (χ0n) is 14.9. The van der Waals surface area contributed by atoms with E-state index in [1.54, 1.807) is 16.8 Å². The molecule has 0 fully saturated rings. The summed E-state index contributed by atoms with van der Waals surface area (Å²) in [5.41, 5.74) is 8.85. The molecule has 0 saturated heterocycles. The third-order valence-electron chi connectivity index (χ3n) is 4.65. The van der Waals surface area contributed by atoms with Crippen LogP contribution in [0.15, 0.2) is 66.1 Å². The summed E-state index contributed by atoms with van der Waals surface area (Å²) in [6, 6.07) is 17.7. The molecular formula is C20H15N5O3. The van der Waals surface area contributed by atoms with Gasteiger partial charge in [-0.1, -0.05) is 30.3 Å². The van der Waals surface area contributed by atoms with Gasteiger partial charge in [0.05, 0.1) is 27.8 Å². The van der Waals surface area contributed by atoms with E-state index in [9.17, 15) is 15.4 Å². The standard InChI is InChI=1S/C20H15N5O3/c1-12-17-18(13-6-5-9-15(10-13)25(26)27)16(11-21)19(22)28-20(17)24(23-12)14-7-3-2-4-8-14/h2-10,18H,22H2,1H3/t18-/m0/s1. The van der Waals surface area contributed by atoms with Crippen LogP contribution in [0.2, 0.25) is 0 Å². The number of nitro benzene ring substituents is 1. The number of hydrogen-bond acceptors (Lipinski definition) is 6. The maximum Gasteiger partial charge on any atom is 0.269 e. The van der Waals surface area contributed by atoms with Gasteiger partial charge >= 0.3 is 0 Å². The largest absolute Gasteiger partial charge is 0.422 e. The summed E-state index contributed by atoms with van der Waals surface area (Å²) in [5.74, 6) is -0.244. The average molecular weight is 373 g/mol. The molecule has 0 unspecified atom stereocenters. The van der Waals surface area contributed by atoms with Crippen molar-refractivity contribution < 1.29 is 9.66 Å². The van der Waals surface area contributed by atoms with Gasteiger partial charge in [0.25, 0.3) is 5.69 Å². The van der Waals surface area contributed by atoms with E-state index in [-0.39, 0.29) is 17.1 Å². The Hall–Kier alpha value is -4.12. The summed E-state index contributed by atoms with van der Waals surface area (Å²) in [6.45, 7) is 1.81. The number of aryl methyl sites for hydroxylation is 1. The summed E-state index contributed by atoms with van der Waals surface area (Å²) in [6.07, 6.45) is 0. The Morgan fingerprint density at radius 3 is 2.68 bits per heavy atom. The third-order valence-corrected chi connectivity index (χ3v) is 4.65. The van der Waals surface area contributed by atoms with Gasteiger partial charge in [0, 0.05) is 12.1 Å². The minimum absolute atomic E-state index is 0.0383. The second-order valence-electron chi connectivity index (χ2n) is 6.33. The minimum Gasteiger partial charge on any atom is -0.422 e. The monoisotopic (exact) mass is 373 g/mol. The topological polar surface area (TPSA) is 120 Å². The Labute approximate surface area is 160 Å².